The summed E-state index contributed by atoms with van der Waals surface area (Å²) < 4.78 is 11.7. The van der Waals surface area contributed by atoms with Crippen LogP contribution in [0.5, 0.6) is 11.5 Å². The van der Waals surface area contributed by atoms with Gasteiger partial charge in [-0.2, -0.15) is 0 Å². The molecule has 1 amide bonds. The van der Waals surface area contributed by atoms with Crippen LogP contribution in [-0.4, -0.2) is 27.9 Å². The molecule has 0 saturated carbocycles. The van der Waals surface area contributed by atoms with E-state index in [1.54, 1.807) is 60.8 Å². The minimum Gasteiger partial charge on any atom is -0.507 e. The second kappa shape index (κ2) is 10.1. The Morgan fingerprint density at radius 3 is 2.51 bits per heavy atom. The van der Waals surface area contributed by atoms with Crippen LogP contribution in [-0.2, 0) is 22.6 Å². The monoisotopic (exact) mass is 518 g/mol. The van der Waals surface area contributed by atoms with Gasteiger partial charge in [-0.15, -0.1) is 0 Å². The van der Waals surface area contributed by atoms with Crippen LogP contribution in [0.3, 0.4) is 0 Å². The number of hydrogen-bond donors (Lipinski definition) is 1. The average Bonchev–Trinajstić information content (AvgIpc) is 3.48. The number of aliphatic hydroxyl groups excluding tert-OH is 1. The van der Waals surface area contributed by atoms with E-state index >= 15 is 0 Å². The van der Waals surface area contributed by atoms with Gasteiger partial charge in [-0.05, 0) is 66.1 Å². The summed E-state index contributed by atoms with van der Waals surface area (Å²) in [6, 6.07) is 26.6. The van der Waals surface area contributed by atoms with Gasteiger partial charge in [-0.3, -0.25) is 14.5 Å². The standard InChI is InChI=1S/C32H26N2O5/c1-20-17-24-18-23(12-15-26(24)39-20)30(35)28-29(34(32(37)31(28)36)27-9-5-6-16-33-27)22-10-13-25(14-11-22)38-19-21-7-3-2-4-8-21/h2-16,18,20,29,35H,17,19H2,1H3/b30-28+. The summed E-state index contributed by atoms with van der Waals surface area (Å²) in [6.07, 6.45) is 2.30. The number of fused-ring (bicyclic) bond motifs is 1. The van der Waals surface area contributed by atoms with E-state index in [9.17, 15) is 14.7 Å². The van der Waals surface area contributed by atoms with Gasteiger partial charge in [0.25, 0.3) is 5.78 Å². The predicted molar refractivity (Wildman–Crippen MR) is 146 cm³/mol. The third kappa shape index (κ3) is 4.63. The Bertz CT molecular complexity index is 1570. The van der Waals surface area contributed by atoms with Crippen molar-refractivity contribution in [3.05, 3.63) is 125 Å². The highest BCUT2D eigenvalue weighted by Gasteiger charge is 2.47. The molecule has 1 fully saturated rings. The van der Waals surface area contributed by atoms with Crippen molar-refractivity contribution in [2.75, 3.05) is 4.90 Å². The number of nitrogens with zero attached hydrogens (tertiary/aromatic N) is 2. The van der Waals surface area contributed by atoms with E-state index in [1.807, 2.05) is 43.3 Å². The van der Waals surface area contributed by atoms with Gasteiger partial charge in [-0.25, -0.2) is 4.98 Å². The minimum absolute atomic E-state index is 0.00974. The Labute approximate surface area is 226 Å². The maximum absolute atomic E-state index is 13.4. The first-order chi connectivity index (χ1) is 19.0. The quantitative estimate of drug-likeness (QED) is 0.203. The highest BCUT2D eigenvalue weighted by Crippen LogP contribution is 2.42. The van der Waals surface area contributed by atoms with E-state index in [4.69, 9.17) is 9.47 Å². The fourth-order valence-corrected chi connectivity index (χ4v) is 5.09. The van der Waals surface area contributed by atoms with Gasteiger partial charge in [0.05, 0.1) is 11.6 Å². The molecule has 4 aromatic rings. The van der Waals surface area contributed by atoms with Crippen LogP contribution in [0.1, 0.15) is 35.2 Å². The Balaban J connectivity index is 1.39. The smallest absolute Gasteiger partial charge is 0.301 e. The number of carbonyl (C=O) groups excluding carboxylic acids is 2. The molecule has 2 aliphatic rings. The molecule has 7 nitrogen and oxygen atoms in total. The van der Waals surface area contributed by atoms with E-state index in [-0.39, 0.29) is 17.4 Å². The van der Waals surface area contributed by atoms with Crippen LogP contribution in [0.4, 0.5) is 5.82 Å². The highest BCUT2D eigenvalue weighted by atomic mass is 16.5. The van der Waals surface area contributed by atoms with Crippen LogP contribution in [0.15, 0.2) is 103 Å². The van der Waals surface area contributed by atoms with Crippen molar-refractivity contribution in [2.45, 2.75) is 32.1 Å². The molecule has 1 saturated heterocycles. The molecule has 0 aliphatic carbocycles. The number of ketones is 1. The molecule has 3 heterocycles. The number of carbonyl (C=O) groups is 2. The van der Waals surface area contributed by atoms with Crippen molar-refractivity contribution >= 4 is 23.3 Å². The van der Waals surface area contributed by atoms with Gasteiger partial charge in [0, 0.05) is 18.2 Å². The van der Waals surface area contributed by atoms with E-state index in [0.717, 1.165) is 16.9 Å². The second-order valence-corrected chi connectivity index (χ2v) is 9.66. The summed E-state index contributed by atoms with van der Waals surface area (Å²) in [6.45, 7) is 2.39. The molecule has 7 heteroatoms. The molecule has 0 bridgehead atoms. The highest BCUT2D eigenvalue weighted by molar-refractivity contribution is 6.51. The van der Waals surface area contributed by atoms with Gasteiger partial charge < -0.3 is 14.6 Å². The number of aliphatic hydroxyl groups is 1. The molecule has 3 aromatic carbocycles. The Kier molecular flexibility index (Phi) is 6.32. The van der Waals surface area contributed by atoms with Gasteiger partial charge in [0.1, 0.15) is 35.8 Å². The maximum atomic E-state index is 13.4. The first-order valence-corrected chi connectivity index (χ1v) is 12.8. The molecular formula is C32H26N2O5. The van der Waals surface area contributed by atoms with Crippen molar-refractivity contribution in [2.24, 2.45) is 0 Å². The van der Waals surface area contributed by atoms with E-state index in [2.05, 4.69) is 4.98 Å². The Morgan fingerprint density at radius 1 is 1.00 bits per heavy atom. The molecule has 2 unspecified atom stereocenters. The maximum Gasteiger partial charge on any atom is 0.301 e. The van der Waals surface area contributed by atoms with Crippen LogP contribution < -0.4 is 14.4 Å². The van der Waals surface area contributed by atoms with Gasteiger partial charge >= 0.3 is 5.91 Å². The van der Waals surface area contributed by atoms with Crippen LogP contribution in [0.2, 0.25) is 0 Å². The largest absolute Gasteiger partial charge is 0.507 e. The predicted octanol–water partition coefficient (Wildman–Crippen LogP) is 5.61. The summed E-state index contributed by atoms with van der Waals surface area (Å²) >= 11 is 0. The number of pyridine rings is 1. The first-order valence-electron chi connectivity index (χ1n) is 12.8. The molecule has 0 spiro atoms. The summed E-state index contributed by atoms with van der Waals surface area (Å²) in [7, 11) is 0. The van der Waals surface area contributed by atoms with Crippen molar-refractivity contribution in [1.29, 1.82) is 0 Å². The first kappa shape index (κ1) is 24.4. The number of Topliss-reactive ketones (excluding diaryl/α,β-unsaturated/α-hetero) is 1. The zero-order chi connectivity index (χ0) is 26.9. The topological polar surface area (TPSA) is 89.0 Å². The minimum atomic E-state index is -0.869. The number of aromatic nitrogens is 1. The number of rotatable bonds is 6. The summed E-state index contributed by atoms with van der Waals surface area (Å²) in [5.74, 6) is -0.0195. The zero-order valence-corrected chi connectivity index (χ0v) is 21.3. The van der Waals surface area contributed by atoms with Gasteiger partial charge in [0.15, 0.2) is 0 Å². The van der Waals surface area contributed by atoms with Gasteiger partial charge in [0.2, 0.25) is 0 Å². The summed E-state index contributed by atoms with van der Waals surface area (Å²) in [5.41, 5.74) is 3.10. The lowest BCUT2D eigenvalue weighted by atomic mass is 9.94. The SMILES string of the molecule is CC1Cc2cc(/C(O)=C3\C(=O)C(=O)N(c4ccccn4)C3c3ccc(OCc4ccccc4)cc3)ccc2O1. The third-order valence-corrected chi connectivity index (χ3v) is 6.95. The normalized spacial score (nSPS) is 19.6. The van der Waals surface area contributed by atoms with E-state index < -0.39 is 17.7 Å². The molecular weight excluding hydrogens is 492 g/mol. The number of anilines is 1. The zero-order valence-electron chi connectivity index (χ0n) is 21.3. The van der Waals surface area contributed by atoms with Crippen molar-refractivity contribution in [1.82, 2.24) is 4.98 Å². The van der Waals surface area contributed by atoms with Crippen LogP contribution in [0.25, 0.3) is 5.76 Å². The van der Waals surface area contributed by atoms with Crippen molar-refractivity contribution in [3.8, 4) is 11.5 Å². The molecule has 6 rings (SSSR count). The molecule has 0 radical (unpaired) electrons. The van der Waals surface area contributed by atoms with Crippen LogP contribution in [0, 0.1) is 0 Å². The third-order valence-electron chi connectivity index (χ3n) is 6.95. The second-order valence-electron chi connectivity index (χ2n) is 9.66. The molecule has 2 atom stereocenters. The number of ether oxygens (including phenoxy) is 2. The van der Waals surface area contributed by atoms with Crippen molar-refractivity contribution < 1.29 is 24.2 Å². The lowest BCUT2D eigenvalue weighted by Gasteiger charge is -2.24. The Morgan fingerprint density at radius 2 is 1.77 bits per heavy atom. The molecule has 39 heavy (non-hydrogen) atoms. The van der Waals surface area contributed by atoms with Crippen LogP contribution >= 0.6 is 0 Å². The Hall–Kier alpha value is -4.91. The van der Waals surface area contributed by atoms with E-state index in [1.165, 1.54) is 4.90 Å². The van der Waals surface area contributed by atoms with Gasteiger partial charge in [-0.1, -0.05) is 48.5 Å². The van der Waals surface area contributed by atoms with E-state index in [0.29, 0.717) is 35.7 Å². The average molecular weight is 519 g/mol. The lowest BCUT2D eigenvalue weighted by molar-refractivity contribution is -0.132. The summed E-state index contributed by atoms with van der Waals surface area (Å²) in [4.78, 5) is 32.4. The molecule has 1 N–H and O–H groups in total. The lowest BCUT2D eigenvalue weighted by Crippen LogP contribution is -2.30. The molecule has 1 aromatic heterocycles. The molecule has 2 aliphatic heterocycles. The number of benzene rings is 3. The fraction of sp³-hybridized carbons (Fsp3) is 0.156. The van der Waals surface area contributed by atoms with Crippen molar-refractivity contribution in [3.63, 3.8) is 0 Å². The molecule has 194 valence electrons. The fourth-order valence-electron chi connectivity index (χ4n) is 5.09. The number of amides is 1. The summed E-state index contributed by atoms with van der Waals surface area (Å²) in [5, 5.41) is 11.5. The number of hydrogen-bond acceptors (Lipinski definition) is 6.